The third-order valence-corrected chi connectivity index (χ3v) is 7.13. The number of benzene rings is 1. The first-order valence-electron chi connectivity index (χ1n) is 9.90. The molecule has 3 N–H and O–H groups in total. The van der Waals surface area contributed by atoms with Crippen molar-refractivity contribution in [1.29, 1.82) is 0 Å². The molecule has 0 saturated heterocycles. The van der Waals surface area contributed by atoms with Crippen LogP contribution in [0.5, 0.6) is 0 Å². The van der Waals surface area contributed by atoms with Gasteiger partial charge in [-0.1, -0.05) is 37.0 Å². The van der Waals surface area contributed by atoms with E-state index in [2.05, 4.69) is 10.3 Å². The van der Waals surface area contributed by atoms with Gasteiger partial charge in [0, 0.05) is 11.7 Å². The van der Waals surface area contributed by atoms with Crippen LogP contribution in [0.25, 0.3) is 0 Å². The van der Waals surface area contributed by atoms with Crippen molar-refractivity contribution >= 4 is 21.6 Å². The number of carbonyl (C=O) groups excluding carboxylic acids is 1. The van der Waals surface area contributed by atoms with E-state index in [1.807, 2.05) is 11.9 Å². The fraction of sp³-hybridized carbons (Fsp3) is 0.450. The zero-order valence-electron chi connectivity index (χ0n) is 17.0. The summed E-state index contributed by atoms with van der Waals surface area (Å²) in [5, 5.41) is 2.90. The van der Waals surface area contributed by atoms with E-state index in [9.17, 15) is 22.8 Å². The molecule has 3 rings (SSSR count). The van der Waals surface area contributed by atoms with Crippen molar-refractivity contribution in [3.8, 4) is 0 Å². The van der Waals surface area contributed by atoms with Gasteiger partial charge < -0.3 is 10.3 Å². The second-order valence-corrected chi connectivity index (χ2v) is 9.41. The van der Waals surface area contributed by atoms with E-state index in [0.717, 1.165) is 42.0 Å². The summed E-state index contributed by atoms with van der Waals surface area (Å²) < 4.78 is 27.7. The minimum Gasteiger partial charge on any atom is -0.352 e. The normalized spacial score (nSPS) is 15.0. The summed E-state index contributed by atoms with van der Waals surface area (Å²) in [6.07, 6.45) is 4.90. The Kier molecular flexibility index (Phi) is 6.45. The minimum atomic E-state index is -4.42. The number of hydrogen-bond donors (Lipinski definition) is 3. The van der Waals surface area contributed by atoms with Gasteiger partial charge in [-0.3, -0.25) is 18.9 Å². The Morgan fingerprint density at radius 3 is 2.30 bits per heavy atom. The topological polar surface area (TPSA) is 132 Å². The zero-order valence-corrected chi connectivity index (χ0v) is 17.8. The smallest absolute Gasteiger partial charge is 0.325 e. The molecule has 1 aliphatic rings. The molecule has 2 aromatic rings. The maximum atomic E-state index is 13.4. The summed E-state index contributed by atoms with van der Waals surface area (Å²) in [4.78, 5) is 40.2. The highest BCUT2D eigenvalue weighted by Gasteiger charge is 2.32. The fourth-order valence-corrected chi connectivity index (χ4v) is 5.32. The van der Waals surface area contributed by atoms with Crippen molar-refractivity contribution in [1.82, 2.24) is 15.3 Å². The van der Waals surface area contributed by atoms with E-state index in [0.29, 0.717) is 0 Å². The molecule has 1 aromatic heterocycles. The summed E-state index contributed by atoms with van der Waals surface area (Å²) in [6.45, 7) is 2.72. The van der Waals surface area contributed by atoms with E-state index >= 15 is 0 Å². The number of rotatable bonds is 6. The van der Waals surface area contributed by atoms with Crippen LogP contribution < -0.4 is 20.9 Å². The van der Waals surface area contributed by atoms with Crippen molar-refractivity contribution in [2.75, 3.05) is 10.8 Å². The average Bonchev–Trinajstić information content (AvgIpc) is 2.66. The number of H-pyrrole nitrogens is 2. The van der Waals surface area contributed by atoms with Crippen molar-refractivity contribution < 1.29 is 13.2 Å². The van der Waals surface area contributed by atoms with Crippen LogP contribution in [-0.2, 0) is 14.8 Å². The van der Waals surface area contributed by atoms with Crippen molar-refractivity contribution in [3.05, 3.63) is 56.4 Å². The number of sulfonamides is 1. The molecular formula is C20H26N4O5S. The average molecular weight is 435 g/mol. The maximum Gasteiger partial charge on any atom is 0.325 e. The molecule has 0 spiro atoms. The molecule has 10 heteroatoms. The molecule has 1 fully saturated rings. The Hall–Kier alpha value is -2.88. The maximum absolute atomic E-state index is 13.4. The SMILES string of the molecule is Cc1ccc(N(CC(=O)NC2CCCCC2)S(=O)(=O)c2c(C)[nH]c(=O)[nH]c2=O)cc1. The van der Waals surface area contributed by atoms with Gasteiger partial charge in [0.05, 0.1) is 5.69 Å². The number of hydrogen-bond acceptors (Lipinski definition) is 5. The van der Waals surface area contributed by atoms with Crippen LogP contribution in [0.2, 0.25) is 0 Å². The molecule has 1 heterocycles. The Balaban J connectivity index is 1.99. The largest absolute Gasteiger partial charge is 0.352 e. The van der Waals surface area contributed by atoms with E-state index in [1.165, 1.54) is 6.92 Å². The van der Waals surface area contributed by atoms with Crippen LogP contribution in [0.4, 0.5) is 5.69 Å². The third-order valence-electron chi connectivity index (χ3n) is 5.20. The molecule has 9 nitrogen and oxygen atoms in total. The lowest BCUT2D eigenvalue weighted by Crippen LogP contribution is -2.46. The predicted molar refractivity (Wildman–Crippen MR) is 113 cm³/mol. The molecule has 1 saturated carbocycles. The Morgan fingerprint density at radius 1 is 1.07 bits per heavy atom. The summed E-state index contributed by atoms with van der Waals surface area (Å²) in [6, 6.07) is 6.63. The van der Waals surface area contributed by atoms with Gasteiger partial charge in [0.15, 0.2) is 4.90 Å². The summed E-state index contributed by atoms with van der Waals surface area (Å²) >= 11 is 0. The number of nitrogens with one attached hydrogen (secondary N) is 3. The number of aryl methyl sites for hydroxylation is 2. The van der Waals surface area contributed by atoms with E-state index in [-0.39, 0.29) is 17.4 Å². The predicted octanol–water partition coefficient (Wildman–Crippen LogP) is 1.32. The lowest BCUT2D eigenvalue weighted by atomic mass is 9.95. The molecular weight excluding hydrogens is 408 g/mol. The highest BCUT2D eigenvalue weighted by molar-refractivity contribution is 7.92. The first kappa shape index (κ1) is 21.8. The molecule has 1 aliphatic carbocycles. The van der Waals surface area contributed by atoms with Gasteiger partial charge in [-0.25, -0.2) is 13.2 Å². The first-order chi connectivity index (χ1) is 14.2. The van der Waals surface area contributed by atoms with Gasteiger partial charge in [-0.15, -0.1) is 0 Å². The van der Waals surface area contributed by atoms with Gasteiger partial charge in [0.2, 0.25) is 5.91 Å². The number of nitrogens with zero attached hydrogens (tertiary/aromatic N) is 1. The molecule has 0 aliphatic heterocycles. The van der Waals surface area contributed by atoms with Crippen LogP contribution in [0.1, 0.15) is 43.4 Å². The van der Waals surface area contributed by atoms with Crippen molar-refractivity contribution in [2.45, 2.75) is 56.9 Å². The number of anilines is 1. The van der Waals surface area contributed by atoms with E-state index < -0.39 is 38.6 Å². The van der Waals surface area contributed by atoms with Crippen LogP contribution in [-0.4, -0.2) is 36.9 Å². The quantitative estimate of drug-likeness (QED) is 0.631. The lowest BCUT2D eigenvalue weighted by molar-refractivity contribution is -0.120. The summed E-state index contributed by atoms with van der Waals surface area (Å²) in [5.74, 6) is -0.440. The summed E-state index contributed by atoms with van der Waals surface area (Å²) in [5.41, 5.74) is -0.742. The number of amides is 1. The Bertz CT molecular complexity index is 1130. The molecule has 0 bridgehead atoms. The van der Waals surface area contributed by atoms with Crippen LogP contribution in [0.15, 0.2) is 38.8 Å². The van der Waals surface area contributed by atoms with Gasteiger partial charge in [-0.05, 0) is 38.8 Å². The van der Waals surface area contributed by atoms with Gasteiger partial charge in [0.25, 0.3) is 15.6 Å². The standard InChI is InChI=1S/C20H26N4O5S/c1-13-8-10-16(11-9-13)24(12-17(25)22-15-6-4-3-5-7-15)30(28,29)18-14(2)21-20(27)23-19(18)26/h8-11,15H,3-7,12H2,1-2H3,(H,22,25)(H2,21,23,26,27). The lowest BCUT2D eigenvalue weighted by Gasteiger charge is -2.27. The molecule has 0 atom stereocenters. The summed E-state index contributed by atoms with van der Waals surface area (Å²) in [7, 11) is -4.42. The molecule has 162 valence electrons. The molecule has 30 heavy (non-hydrogen) atoms. The van der Waals surface area contributed by atoms with Crippen LogP contribution in [0.3, 0.4) is 0 Å². The molecule has 0 radical (unpaired) electrons. The van der Waals surface area contributed by atoms with Gasteiger partial charge in [-0.2, -0.15) is 0 Å². The monoisotopic (exact) mass is 434 g/mol. The number of carbonyl (C=O) groups is 1. The van der Waals surface area contributed by atoms with Gasteiger partial charge >= 0.3 is 5.69 Å². The van der Waals surface area contributed by atoms with Gasteiger partial charge in [0.1, 0.15) is 6.54 Å². The van der Waals surface area contributed by atoms with Crippen molar-refractivity contribution in [2.24, 2.45) is 0 Å². The zero-order chi connectivity index (χ0) is 21.9. The Labute approximate surface area is 174 Å². The second-order valence-electron chi connectivity index (χ2n) is 7.61. The van der Waals surface area contributed by atoms with E-state index in [1.54, 1.807) is 24.3 Å². The molecule has 1 amide bonds. The fourth-order valence-electron chi connectivity index (χ4n) is 3.69. The van der Waals surface area contributed by atoms with Crippen LogP contribution >= 0.6 is 0 Å². The molecule has 1 aromatic carbocycles. The minimum absolute atomic E-state index is 0.0204. The van der Waals surface area contributed by atoms with Crippen LogP contribution in [0, 0.1) is 13.8 Å². The molecule has 0 unspecified atom stereocenters. The number of aromatic amines is 2. The number of aromatic nitrogens is 2. The highest BCUT2D eigenvalue weighted by Crippen LogP contribution is 2.24. The first-order valence-corrected chi connectivity index (χ1v) is 11.3. The third kappa shape index (κ3) is 4.81. The second kappa shape index (κ2) is 8.86. The highest BCUT2D eigenvalue weighted by atomic mass is 32.2. The van der Waals surface area contributed by atoms with Crippen molar-refractivity contribution in [3.63, 3.8) is 0 Å². The van der Waals surface area contributed by atoms with E-state index in [4.69, 9.17) is 0 Å². The Morgan fingerprint density at radius 2 is 1.70 bits per heavy atom.